The van der Waals surface area contributed by atoms with E-state index in [-0.39, 0.29) is 5.91 Å². The predicted octanol–water partition coefficient (Wildman–Crippen LogP) is 0.171. The minimum Gasteiger partial charge on any atom is -0.368 e. The summed E-state index contributed by atoms with van der Waals surface area (Å²) in [6, 6.07) is 4.65. The second kappa shape index (κ2) is 4.30. The number of likely N-dealkylation sites (tertiary alicyclic amines) is 1. The van der Waals surface area contributed by atoms with Crippen LogP contribution in [-0.2, 0) is 4.79 Å². The van der Waals surface area contributed by atoms with Crippen LogP contribution in [0, 0.1) is 0 Å². The van der Waals surface area contributed by atoms with Gasteiger partial charge in [-0.25, -0.2) is 0 Å². The maximum Gasteiger partial charge on any atom is 0.273 e. The summed E-state index contributed by atoms with van der Waals surface area (Å²) < 4.78 is 0. The van der Waals surface area contributed by atoms with E-state index in [9.17, 15) is 9.59 Å². The van der Waals surface area contributed by atoms with Crippen LogP contribution in [-0.4, -0.2) is 34.3 Å². The van der Waals surface area contributed by atoms with Gasteiger partial charge >= 0.3 is 0 Å². The number of rotatable bonds is 2. The third-order valence-electron chi connectivity index (χ3n) is 2.73. The highest BCUT2D eigenvalue weighted by atomic mass is 16.2. The van der Waals surface area contributed by atoms with Crippen molar-refractivity contribution in [1.82, 2.24) is 9.88 Å². The fourth-order valence-electron chi connectivity index (χ4n) is 1.94. The molecule has 0 aromatic carbocycles. The molecule has 0 aliphatic carbocycles. The van der Waals surface area contributed by atoms with Crippen molar-refractivity contribution in [3.8, 4) is 0 Å². The van der Waals surface area contributed by atoms with E-state index >= 15 is 0 Å². The first kappa shape index (κ1) is 10.6. The lowest BCUT2D eigenvalue weighted by Gasteiger charge is -2.21. The molecule has 5 heteroatoms. The molecule has 0 bridgehead atoms. The molecule has 2 amide bonds. The number of hydrogen-bond acceptors (Lipinski definition) is 3. The lowest BCUT2D eigenvalue weighted by atomic mass is 10.2. The molecule has 1 aliphatic heterocycles. The smallest absolute Gasteiger partial charge is 0.273 e. The molecule has 0 unspecified atom stereocenters. The highest BCUT2D eigenvalue weighted by Gasteiger charge is 2.33. The molecule has 0 spiro atoms. The van der Waals surface area contributed by atoms with Crippen LogP contribution in [0.3, 0.4) is 0 Å². The molecule has 1 saturated heterocycles. The third-order valence-corrected chi connectivity index (χ3v) is 2.73. The number of nitrogens with two attached hydrogens (primary N) is 1. The Morgan fingerprint density at radius 1 is 1.44 bits per heavy atom. The van der Waals surface area contributed by atoms with Crippen molar-refractivity contribution >= 4 is 11.8 Å². The zero-order valence-corrected chi connectivity index (χ0v) is 8.80. The van der Waals surface area contributed by atoms with Crippen molar-refractivity contribution in [3.05, 3.63) is 30.1 Å². The fraction of sp³-hybridized carbons (Fsp3) is 0.364. The molecule has 2 heterocycles. The van der Waals surface area contributed by atoms with Gasteiger partial charge in [0.25, 0.3) is 5.91 Å². The van der Waals surface area contributed by atoms with Crippen LogP contribution < -0.4 is 5.73 Å². The van der Waals surface area contributed by atoms with Gasteiger partial charge in [0, 0.05) is 12.7 Å². The van der Waals surface area contributed by atoms with Gasteiger partial charge in [-0.3, -0.25) is 14.6 Å². The van der Waals surface area contributed by atoms with Crippen molar-refractivity contribution < 1.29 is 9.59 Å². The van der Waals surface area contributed by atoms with Crippen molar-refractivity contribution in [2.24, 2.45) is 5.73 Å². The molecule has 1 aliphatic rings. The Balaban J connectivity index is 2.19. The lowest BCUT2D eigenvalue weighted by molar-refractivity contribution is -0.121. The molecule has 16 heavy (non-hydrogen) atoms. The van der Waals surface area contributed by atoms with Crippen LogP contribution in [0.15, 0.2) is 24.4 Å². The van der Waals surface area contributed by atoms with Gasteiger partial charge in [-0.05, 0) is 25.0 Å². The molecule has 84 valence electrons. The molecule has 5 nitrogen and oxygen atoms in total. The minimum absolute atomic E-state index is 0.220. The Labute approximate surface area is 93.3 Å². The summed E-state index contributed by atoms with van der Waals surface area (Å²) in [4.78, 5) is 28.7. The molecule has 0 saturated carbocycles. The maximum atomic E-state index is 12.0. The average molecular weight is 219 g/mol. The molecular formula is C11H13N3O2. The summed E-state index contributed by atoms with van der Waals surface area (Å²) in [7, 11) is 0. The van der Waals surface area contributed by atoms with Crippen molar-refractivity contribution in [3.63, 3.8) is 0 Å². The van der Waals surface area contributed by atoms with Gasteiger partial charge in [0.2, 0.25) is 5.91 Å². The first-order valence-electron chi connectivity index (χ1n) is 5.21. The average Bonchev–Trinajstić information content (AvgIpc) is 2.78. The van der Waals surface area contributed by atoms with Crippen LogP contribution in [0.1, 0.15) is 23.3 Å². The van der Waals surface area contributed by atoms with Gasteiger partial charge in [0.15, 0.2) is 0 Å². The van der Waals surface area contributed by atoms with E-state index in [1.807, 2.05) is 0 Å². The topological polar surface area (TPSA) is 76.3 Å². The van der Waals surface area contributed by atoms with E-state index in [1.165, 1.54) is 4.90 Å². The van der Waals surface area contributed by atoms with Crippen molar-refractivity contribution in [2.45, 2.75) is 18.9 Å². The zero-order valence-electron chi connectivity index (χ0n) is 8.80. The molecule has 2 N–H and O–H groups in total. The summed E-state index contributed by atoms with van der Waals surface area (Å²) in [6.45, 7) is 0.572. The largest absolute Gasteiger partial charge is 0.368 e. The summed E-state index contributed by atoms with van der Waals surface area (Å²) in [5.74, 6) is -0.663. The van der Waals surface area contributed by atoms with E-state index in [1.54, 1.807) is 24.4 Å². The minimum atomic E-state index is -0.477. The Morgan fingerprint density at radius 3 is 2.88 bits per heavy atom. The summed E-state index contributed by atoms with van der Waals surface area (Å²) in [5.41, 5.74) is 5.61. The fourth-order valence-corrected chi connectivity index (χ4v) is 1.94. The Bertz CT molecular complexity index is 405. The van der Waals surface area contributed by atoms with E-state index in [2.05, 4.69) is 4.98 Å². The van der Waals surface area contributed by atoms with Crippen LogP contribution in [0.25, 0.3) is 0 Å². The first-order chi connectivity index (χ1) is 7.70. The number of pyridine rings is 1. The molecule has 1 fully saturated rings. The highest BCUT2D eigenvalue weighted by molar-refractivity contribution is 5.96. The van der Waals surface area contributed by atoms with E-state index in [4.69, 9.17) is 5.73 Å². The number of hydrogen-bond donors (Lipinski definition) is 1. The van der Waals surface area contributed by atoms with Gasteiger partial charge in [-0.1, -0.05) is 6.07 Å². The Morgan fingerprint density at radius 2 is 2.25 bits per heavy atom. The summed E-state index contributed by atoms with van der Waals surface area (Å²) >= 11 is 0. The third kappa shape index (κ3) is 1.88. The summed E-state index contributed by atoms with van der Waals surface area (Å²) in [5, 5.41) is 0. The van der Waals surface area contributed by atoms with Gasteiger partial charge in [0.1, 0.15) is 11.7 Å². The molecule has 1 aromatic heterocycles. The van der Waals surface area contributed by atoms with Gasteiger partial charge < -0.3 is 10.6 Å². The number of primary amides is 1. The zero-order chi connectivity index (χ0) is 11.5. The van der Waals surface area contributed by atoms with E-state index < -0.39 is 11.9 Å². The lowest BCUT2D eigenvalue weighted by Crippen LogP contribution is -2.43. The first-order valence-corrected chi connectivity index (χ1v) is 5.21. The highest BCUT2D eigenvalue weighted by Crippen LogP contribution is 2.18. The van der Waals surface area contributed by atoms with Gasteiger partial charge in [-0.15, -0.1) is 0 Å². The van der Waals surface area contributed by atoms with Gasteiger partial charge in [0.05, 0.1) is 0 Å². The monoisotopic (exact) mass is 219 g/mol. The number of amides is 2. The molecular weight excluding hydrogens is 206 g/mol. The molecule has 0 radical (unpaired) electrons. The molecule has 1 aromatic rings. The van der Waals surface area contributed by atoms with E-state index in [0.29, 0.717) is 18.7 Å². The van der Waals surface area contributed by atoms with Crippen LogP contribution >= 0.6 is 0 Å². The van der Waals surface area contributed by atoms with Crippen LogP contribution in [0.4, 0.5) is 0 Å². The van der Waals surface area contributed by atoms with Gasteiger partial charge in [-0.2, -0.15) is 0 Å². The Kier molecular flexibility index (Phi) is 2.85. The van der Waals surface area contributed by atoms with Crippen molar-refractivity contribution in [2.75, 3.05) is 6.54 Å². The van der Waals surface area contributed by atoms with Crippen LogP contribution in [0.2, 0.25) is 0 Å². The predicted molar refractivity (Wildman–Crippen MR) is 57.5 cm³/mol. The van der Waals surface area contributed by atoms with Crippen LogP contribution in [0.5, 0.6) is 0 Å². The molecule has 2 rings (SSSR count). The number of nitrogens with zero attached hydrogens (tertiary/aromatic N) is 2. The number of carbonyl (C=O) groups excluding carboxylic acids is 2. The standard InChI is InChI=1S/C11H13N3O2/c12-10(15)9-5-3-7-14(9)11(16)8-4-1-2-6-13-8/h1-2,4,6,9H,3,5,7H2,(H2,12,15)/t9-/m0/s1. The Hall–Kier alpha value is -1.91. The quantitative estimate of drug-likeness (QED) is 0.770. The van der Waals surface area contributed by atoms with E-state index in [0.717, 1.165) is 6.42 Å². The van der Waals surface area contributed by atoms with Crippen molar-refractivity contribution in [1.29, 1.82) is 0 Å². The number of aromatic nitrogens is 1. The number of carbonyl (C=O) groups is 2. The normalized spacial score (nSPS) is 19.8. The second-order valence-electron chi connectivity index (χ2n) is 3.77. The second-order valence-corrected chi connectivity index (χ2v) is 3.77. The molecule has 1 atom stereocenters. The SMILES string of the molecule is NC(=O)[C@@H]1CCCN1C(=O)c1ccccn1. The maximum absolute atomic E-state index is 12.0. The summed E-state index contributed by atoms with van der Waals surface area (Å²) in [6.07, 6.45) is 3.02.